The van der Waals surface area contributed by atoms with Crippen LogP contribution in [0.5, 0.6) is 0 Å². The molecule has 1 aromatic heterocycles. The molecule has 1 aliphatic carbocycles. The lowest BCUT2D eigenvalue weighted by Gasteiger charge is -2.36. The minimum Gasteiger partial charge on any atom is -0.445 e. The highest BCUT2D eigenvalue weighted by atomic mass is 16.5. The number of hydrogen-bond acceptors (Lipinski definition) is 4. The summed E-state index contributed by atoms with van der Waals surface area (Å²) in [6.45, 7) is 1.12. The molecule has 1 fully saturated rings. The third-order valence-electron chi connectivity index (χ3n) is 3.99. The molecule has 0 spiro atoms. The highest BCUT2D eigenvalue weighted by molar-refractivity contribution is 5.67. The van der Waals surface area contributed by atoms with E-state index in [0.29, 0.717) is 12.6 Å². The van der Waals surface area contributed by atoms with Crippen LogP contribution in [0.3, 0.4) is 0 Å². The van der Waals surface area contributed by atoms with Crippen LogP contribution in [0, 0.1) is 0 Å². The first kappa shape index (κ1) is 15.5. The monoisotopic (exact) mass is 311 g/mol. The SMILES string of the molecule is O=C(NC1CC(NCc2cccnc2)C1)OCc1ccccc1. The summed E-state index contributed by atoms with van der Waals surface area (Å²) in [5.74, 6) is 0. The minimum atomic E-state index is -0.343. The van der Waals surface area contributed by atoms with Crippen molar-refractivity contribution in [1.82, 2.24) is 15.6 Å². The van der Waals surface area contributed by atoms with Crippen LogP contribution in [-0.4, -0.2) is 23.2 Å². The van der Waals surface area contributed by atoms with Crippen molar-refractivity contribution in [2.24, 2.45) is 0 Å². The molecule has 0 atom stereocenters. The molecule has 23 heavy (non-hydrogen) atoms. The lowest BCUT2D eigenvalue weighted by atomic mass is 9.87. The maximum Gasteiger partial charge on any atom is 0.407 e. The Morgan fingerprint density at radius 3 is 2.61 bits per heavy atom. The van der Waals surface area contributed by atoms with Crippen LogP contribution in [0.4, 0.5) is 4.79 Å². The molecule has 0 saturated heterocycles. The summed E-state index contributed by atoms with van der Waals surface area (Å²) in [6, 6.07) is 14.3. The predicted octanol–water partition coefficient (Wildman–Crippen LogP) is 2.63. The number of ether oxygens (including phenoxy) is 1. The number of nitrogens with zero attached hydrogens (tertiary/aromatic N) is 1. The molecule has 1 saturated carbocycles. The van der Waals surface area contributed by atoms with Crippen LogP contribution < -0.4 is 10.6 Å². The van der Waals surface area contributed by atoms with Gasteiger partial charge in [-0.3, -0.25) is 4.98 Å². The number of aromatic nitrogens is 1. The lowest BCUT2D eigenvalue weighted by Crippen LogP contribution is -2.52. The molecular formula is C18H21N3O2. The maximum atomic E-state index is 11.7. The van der Waals surface area contributed by atoms with Crippen LogP contribution in [0.15, 0.2) is 54.9 Å². The van der Waals surface area contributed by atoms with E-state index in [1.165, 1.54) is 5.56 Å². The third kappa shape index (κ3) is 4.79. The molecule has 0 bridgehead atoms. The zero-order valence-corrected chi connectivity index (χ0v) is 12.9. The molecule has 1 aromatic carbocycles. The predicted molar refractivity (Wildman–Crippen MR) is 87.6 cm³/mol. The largest absolute Gasteiger partial charge is 0.445 e. The molecule has 3 rings (SSSR count). The second-order valence-electron chi connectivity index (χ2n) is 5.81. The number of carbonyl (C=O) groups excluding carboxylic acids is 1. The Kier molecular flexibility index (Phi) is 5.21. The average molecular weight is 311 g/mol. The van der Waals surface area contributed by atoms with Crippen molar-refractivity contribution in [2.45, 2.75) is 38.1 Å². The molecule has 0 unspecified atom stereocenters. The molecule has 5 nitrogen and oxygen atoms in total. The van der Waals surface area contributed by atoms with Gasteiger partial charge in [-0.2, -0.15) is 0 Å². The van der Waals surface area contributed by atoms with Gasteiger partial charge in [-0.1, -0.05) is 36.4 Å². The molecule has 120 valence electrons. The highest BCUT2D eigenvalue weighted by Gasteiger charge is 2.30. The topological polar surface area (TPSA) is 63.2 Å². The number of alkyl carbamates (subject to hydrolysis) is 1. The number of hydrogen-bond donors (Lipinski definition) is 2. The summed E-state index contributed by atoms with van der Waals surface area (Å²) in [6.07, 6.45) is 5.15. The Morgan fingerprint density at radius 2 is 1.87 bits per heavy atom. The van der Waals surface area contributed by atoms with Gasteiger partial charge in [0.25, 0.3) is 0 Å². The van der Waals surface area contributed by atoms with Crippen LogP contribution in [-0.2, 0) is 17.9 Å². The van der Waals surface area contributed by atoms with Crippen molar-refractivity contribution in [3.05, 3.63) is 66.0 Å². The van der Waals surface area contributed by atoms with Gasteiger partial charge in [-0.15, -0.1) is 0 Å². The fourth-order valence-corrected chi connectivity index (χ4v) is 2.60. The quantitative estimate of drug-likeness (QED) is 0.861. The number of carbonyl (C=O) groups is 1. The average Bonchev–Trinajstić information content (AvgIpc) is 2.57. The van der Waals surface area contributed by atoms with E-state index in [4.69, 9.17) is 4.74 Å². The second-order valence-corrected chi connectivity index (χ2v) is 5.81. The summed E-state index contributed by atoms with van der Waals surface area (Å²) in [7, 11) is 0. The molecule has 0 radical (unpaired) electrons. The Morgan fingerprint density at radius 1 is 1.09 bits per heavy atom. The summed E-state index contributed by atoms with van der Waals surface area (Å²) < 4.78 is 5.22. The Labute approximate surface area is 136 Å². The summed E-state index contributed by atoms with van der Waals surface area (Å²) in [5.41, 5.74) is 2.17. The summed E-state index contributed by atoms with van der Waals surface area (Å²) in [5, 5.41) is 6.37. The first-order chi connectivity index (χ1) is 11.3. The standard InChI is InChI=1S/C18H21N3O2/c22-18(23-13-14-5-2-1-3-6-14)21-17-9-16(10-17)20-12-15-7-4-8-19-11-15/h1-8,11,16-17,20H,9-10,12-13H2,(H,21,22). The van der Waals surface area contributed by atoms with Gasteiger partial charge < -0.3 is 15.4 Å². The van der Waals surface area contributed by atoms with Gasteiger partial charge in [0.15, 0.2) is 0 Å². The van der Waals surface area contributed by atoms with Crippen LogP contribution >= 0.6 is 0 Å². The fraction of sp³-hybridized carbons (Fsp3) is 0.333. The van der Waals surface area contributed by atoms with E-state index in [0.717, 1.165) is 24.9 Å². The molecule has 0 aliphatic heterocycles. The Bertz CT molecular complexity index is 613. The molecule has 1 aliphatic rings. The van der Waals surface area contributed by atoms with Gasteiger partial charge in [0.2, 0.25) is 0 Å². The number of pyridine rings is 1. The van der Waals surface area contributed by atoms with Crippen molar-refractivity contribution in [2.75, 3.05) is 0 Å². The highest BCUT2D eigenvalue weighted by Crippen LogP contribution is 2.20. The molecule has 1 amide bonds. The Balaban J connectivity index is 1.30. The number of rotatable bonds is 6. The molecular weight excluding hydrogens is 290 g/mol. The first-order valence-corrected chi connectivity index (χ1v) is 7.89. The first-order valence-electron chi connectivity index (χ1n) is 7.89. The summed E-state index contributed by atoms with van der Waals surface area (Å²) >= 11 is 0. The lowest BCUT2D eigenvalue weighted by molar-refractivity contribution is 0.125. The van der Waals surface area contributed by atoms with Crippen molar-refractivity contribution >= 4 is 6.09 Å². The van der Waals surface area contributed by atoms with Crippen LogP contribution in [0.25, 0.3) is 0 Å². The van der Waals surface area contributed by atoms with E-state index >= 15 is 0 Å². The van der Waals surface area contributed by atoms with E-state index in [1.807, 2.05) is 42.6 Å². The number of amides is 1. The fourth-order valence-electron chi connectivity index (χ4n) is 2.60. The third-order valence-corrected chi connectivity index (χ3v) is 3.99. The van der Waals surface area contributed by atoms with Gasteiger partial charge in [-0.05, 0) is 30.0 Å². The molecule has 2 N–H and O–H groups in total. The van der Waals surface area contributed by atoms with E-state index in [1.54, 1.807) is 6.20 Å². The van der Waals surface area contributed by atoms with E-state index < -0.39 is 0 Å². The van der Waals surface area contributed by atoms with Crippen LogP contribution in [0.1, 0.15) is 24.0 Å². The molecule has 2 aromatic rings. The van der Waals surface area contributed by atoms with Crippen molar-refractivity contribution in [3.8, 4) is 0 Å². The minimum absolute atomic E-state index is 0.199. The smallest absolute Gasteiger partial charge is 0.407 e. The number of benzene rings is 1. The van der Waals surface area contributed by atoms with Crippen molar-refractivity contribution in [3.63, 3.8) is 0 Å². The van der Waals surface area contributed by atoms with E-state index in [2.05, 4.69) is 21.7 Å². The summed E-state index contributed by atoms with van der Waals surface area (Å²) in [4.78, 5) is 15.8. The van der Waals surface area contributed by atoms with E-state index in [-0.39, 0.29) is 12.1 Å². The zero-order valence-electron chi connectivity index (χ0n) is 12.9. The Hall–Kier alpha value is -2.40. The van der Waals surface area contributed by atoms with E-state index in [9.17, 15) is 4.79 Å². The zero-order chi connectivity index (χ0) is 15.9. The maximum absolute atomic E-state index is 11.7. The normalized spacial score (nSPS) is 19.7. The molecule has 1 heterocycles. The van der Waals surface area contributed by atoms with Gasteiger partial charge >= 0.3 is 6.09 Å². The van der Waals surface area contributed by atoms with Gasteiger partial charge in [0.1, 0.15) is 6.61 Å². The van der Waals surface area contributed by atoms with Crippen LogP contribution in [0.2, 0.25) is 0 Å². The van der Waals surface area contributed by atoms with Gasteiger partial charge in [-0.25, -0.2) is 4.79 Å². The van der Waals surface area contributed by atoms with Gasteiger partial charge in [0.05, 0.1) is 0 Å². The van der Waals surface area contributed by atoms with Crippen molar-refractivity contribution in [1.29, 1.82) is 0 Å². The molecule has 5 heteroatoms. The second kappa shape index (κ2) is 7.74. The van der Waals surface area contributed by atoms with Gasteiger partial charge in [0, 0.05) is 31.0 Å². The number of nitrogens with one attached hydrogen (secondary N) is 2. The van der Waals surface area contributed by atoms with Crippen molar-refractivity contribution < 1.29 is 9.53 Å².